The van der Waals surface area contributed by atoms with E-state index in [4.69, 9.17) is 11.6 Å². The largest absolute Gasteiger partial charge is 0.416 e. The summed E-state index contributed by atoms with van der Waals surface area (Å²) in [6, 6.07) is 4.82. The minimum Gasteiger partial charge on any atom is -0.371 e. The molecule has 1 heterocycles. The molecule has 1 aromatic carbocycles. The van der Waals surface area contributed by atoms with Gasteiger partial charge in [-0.1, -0.05) is 34.1 Å². The summed E-state index contributed by atoms with van der Waals surface area (Å²) in [6.45, 7) is 0.310. The number of hydrogen-bond donors (Lipinski definition) is 1. The van der Waals surface area contributed by atoms with Crippen molar-refractivity contribution in [2.24, 2.45) is 0 Å². The molecule has 0 aliphatic carbocycles. The molecule has 0 bridgehead atoms. The molecule has 0 saturated carbocycles. The highest BCUT2D eigenvalue weighted by atomic mass is 35.5. The summed E-state index contributed by atoms with van der Waals surface area (Å²) in [4.78, 5) is 11.1. The van der Waals surface area contributed by atoms with Crippen LogP contribution < -0.4 is 10.1 Å². The fraction of sp³-hybridized carbons (Fsp3) is 0.182. The highest BCUT2D eigenvalue weighted by molar-refractivity contribution is 7.70. The first-order valence-corrected chi connectivity index (χ1v) is 7.59. The first kappa shape index (κ1) is 14.4. The van der Waals surface area contributed by atoms with Crippen molar-refractivity contribution in [3.05, 3.63) is 50.0 Å². The van der Waals surface area contributed by atoms with Crippen molar-refractivity contribution >= 4 is 37.3 Å². The summed E-state index contributed by atoms with van der Waals surface area (Å²) in [5.41, 5.74) is -0.00983. The Morgan fingerprint density at radius 3 is 2.26 bits per heavy atom. The maximum absolute atomic E-state index is 12.4. The third kappa shape index (κ3) is 3.49. The second-order valence-corrected chi connectivity index (χ2v) is 6.14. The Balaban J connectivity index is 2.05. The molecule has 0 aliphatic rings. The molecule has 0 atom stereocenters. The molecule has 0 amide bonds. The van der Waals surface area contributed by atoms with E-state index in [0.717, 1.165) is 22.5 Å². The van der Waals surface area contributed by atoms with Gasteiger partial charge in [0.05, 0.1) is 5.56 Å². The molecule has 1 aromatic heterocycles. The molecule has 0 spiro atoms. The molecule has 0 saturated heterocycles. The fourth-order valence-electron chi connectivity index (χ4n) is 1.35. The smallest absolute Gasteiger partial charge is 0.371 e. The van der Waals surface area contributed by atoms with Crippen molar-refractivity contribution in [1.82, 2.24) is 0 Å². The van der Waals surface area contributed by atoms with Gasteiger partial charge in [-0.2, -0.15) is 13.2 Å². The fourth-order valence-corrected chi connectivity index (χ4v) is 3.77. The van der Waals surface area contributed by atoms with Gasteiger partial charge in [0.15, 0.2) is 0 Å². The zero-order valence-corrected chi connectivity index (χ0v) is 11.6. The van der Waals surface area contributed by atoms with Crippen molar-refractivity contribution in [3.8, 4) is 0 Å². The predicted molar refractivity (Wildman–Crippen MR) is 72.2 cm³/mol. The number of halogens is 4. The first-order chi connectivity index (χ1) is 8.88. The number of nitrogens with one attached hydrogen (secondary N) is 1. The molecule has 102 valence electrons. The van der Waals surface area contributed by atoms with Gasteiger partial charge in [-0.25, -0.2) is 0 Å². The zero-order chi connectivity index (χ0) is 14.0. The topological polar surface area (TPSA) is 29.1 Å². The van der Waals surface area contributed by atoms with Gasteiger partial charge in [0.2, 0.25) is 0 Å². The van der Waals surface area contributed by atoms with E-state index < -0.39 is 11.7 Å². The van der Waals surface area contributed by atoms with Crippen LogP contribution in [-0.2, 0) is 12.7 Å². The van der Waals surface area contributed by atoms with Gasteiger partial charge in [-0.05, 0) is 28.0 Å². The van der Waals surface area contributed by atoms with Gasteiger partial charge in [0.1, 0.15) is 10.0 Å². The Morgan fingerprint density at radius 1 is 1.16 bits per heavy atom. The summed E-state index contributed by atoms with van der Waals surface area (Å²) in [5.74, 6) is 0. The Bertz CT molecular complexity index is 618. The van der Waals surface area contributed by atoms with E-state index >= 15 is 0 Å². The van der Waals surface area contributed by atoms with Crippen LogP contribution in [0.5, 0.6) is 0 Å². The third-order valence-electron chi connectivity index (χ3n) is 2.31. The van der Waals surface area contributed by atoms with Crippen LogP contribution in [0.15, 0.2) is 29.1 Å². The maximum atomic E-state index is 12.4. The van der Waals surface area contributed by atoms with Crippen molar-refractivity contribution < 1.29 is 13.2 Å². The summed E-state index contributed by atoms with van der Waals surface area (Å²) < 4.78 is 36.9. The molecule has 0 aliphatic heterocycles. The highest BCUT2D eigenvalue weighted by Gasteiger charge is 2.29. The molecule has 19 heavy (non-hydrogen) atoms. The van der Waals surface area contributed by atoms with E-state index in [2.05, 4.69) is 5.32 Å². The van der Waals surface area contributed by atoms with Crippen LogP contribution in [0.2, 0.25) is 5.02 Å². The molecule has 2 nitrogen and oxygen atoms in total. The Labute approximate surface area is 118 Å². The molecule has 8 heteroatoms. The molecular weight excluding hydrogens is 319 g/mol. The number of rotatable bonds is 3. The lowest BCUT2D eigenvalue weighted by Gasteiger charge is -2.08. The van der Waals surface area contributed by atoms with Crippen molar-refractivity contribution in [3.63, 3.8) is 0 Å². The summed E-state index contributed by atoms with van der Waals surface area (Å²) in [7, 11) is 2.22. The van der Waals surface area contributed by atoms with Gasteiger partial charge in [-0.3, -0.25) is 4.79 Å². The molecule has 2 rings (SSSR count). The third-order valence-corrected chi connectivity index (χ3v) is 5.06. The Hall–Kier alpha value is -1.05. The summed E-state index contributed by atoms with van der Waals surface area (Å²) in [5, 5.41) is 3.59. The van der Waals surface area contributed by atoms with Crippen LogP contribution in [0, 0.1) is 0 Å². The van der Waals surface area contributed by atoms with E-state index in [1.807, 2.05) is 0 Å². The minimum atomic E-state index is -4.33. The van der Waals surface area contributed by atoms with Crippen LogP contribution >= 0.6 is 32.3 Å². The second-order valence-electron chi connectivity index (χ2n) is 3.65. The van der Waals surface area contributed by atoms with Crippen LogP contribution in [0.4, 0.5) is 18.2 Å². The molecule has 0 unspecified atom stereocenters. The lowest BCUT2D eigenvalue weighted by molar-refractivity contribution is -0.137. The van der Waals surface area contributed by atoms with Gasteiger partial charge < -0.3 is 5.32 Å². The van der Waals surface area contributed by atoms with Crippen LogP contribution in [-0.4, -0.2) is 0 Å². The standard InChI is InChI=1S/C11H7ClF3NOS2/c12-8-9(18-19-10(8)17)16-5-6-1-3-7(4-2-6)11(13,14)15/h1-4,16H,5H2. The van der Waals surface area contributed by atoms with Gasteiger partial charge in [0, 0.05) is 6.54 Å². The number of benzene rings is 1. The summed E-state index contributed by atoms with van der Waals surface area (Å²) >= 11 is 5.76. The molecule has 0 fully saturated rings. The van der Waals surface area contributed by atoms with E-state index in [9.17, 15) is 18.0 Å². The van der Waals surface area contributed by atoms with Crippen molar-refractivity contribution in [1.29, 1.82) is 0 Å². The van der Waals surface area contributed by atoms with E-state index in [-0.39, 0.29) is 9.77 Å². The molecule has 0 radical (unpaired) electrons. The highest BCUT2D eigenvalue weighted by Crippen LogP contribution is 2.30. The number of anilines is 1. The van der Waals surface area contributed by atoms with Crippen LogP contribution in [0.3, 0.4) is 0 Å². The van der Waals surface area contributed by atoms with Crippen molar-refractivity contribution in [2.45, 2.75) is 12.7 Å². The number of hydrogen-bond acceptors (Lipinski definition) is 4. The van der Waals surface area contributed by atoms with Crippen LogP contribution in [0.25, 0.3) is 0 Å². The summed E-state index contributed by atoms with van der Waals surface area (Å²) in [6.07, 6.45) is -4.33. The normalized spacial score (nSPS) is 11.6. The van der Waals surface area contributed by atoms with Gasteiger partial charge >= 0.3 is 6.18 Å². The SMILES string of the molecule is O=c1ssc(NCc2ccc(C(F)(F)F)cc2)c1Cl. The lowest BCUT2D eigenvalue weighted by Crippen LogP contribution is -2.05. The van der Waals surface area contributed by atoms with E-state index in [1.54, 1.807) is 0 Å². The zero-order valence-electron chi connectivity index (χ0n) is 9.25. The van der Waals surface area contributed by atoms with Crippen molar-refractivity contribution in [2.75, 3.05) is 5.32 Å². The van der Waals surface area contributed by atoms with E-state index in [0.29, 0.717) is 17.1 Å². The average molecular weight is 326 g/mol. The Morgan fingerprint density at radius 2 is 1.79 bits per heavy atom. The molecule has 1 N–H and O–H groups in total. The van der Waals surface area contributed by atoms with Gasteiger partial charge in [-0.15, -0.1) is 0 Å². The van der Waals surface area contributed by atoms with E-state index in [1.165, 1.54) is 22.5 Å². The predicted octanol–water partition coefficient (Wildman–Crippen LogP) is 4.45. The molecular formula is C11H7ClF3NOS2. The Kier molecular flexibility index (Phi) is 4.17. The second kappa shape index (κ2) is 5.52. The first-order valence-electron chi connectivity index (χ1n) is 5.06. The quantitative estimate of drug-likeness (QED) is 0.844. The van der Waals surface area contributed by atoms with Gasteiger partial charge in [0.25, 0.3) is 4.74 Å². The number of alkyl halides is 3. The monoisotopic (exact) mass is 325 g/mol. The molecule has 2 aromatic rings. The lowest BCUT2D eigenvalue weighted by atomic mass is 10.1. The average Bonchev–Trinajstić information content (AvgIpc) is 2.67. The van der Waals surface area contributed by atoms with Crippen LogP contribution in [0.1, 0.15) is 11.1 Å². The maximum Gasteiger partial charge on any atom is 0.416 e. The minimum absolute atomic E-state index is 0.127.